The molecule has 0 radical (unpaired) electrons. The molecule has 1 aromatic heterocycles. The van der Waals surface area contributed by atoms with E-state index in [0.717, 1.165) is 27.9 Å². The Morgan fingerprint density at radius 2 is 2.21 bits per heavy atom. The lowest BCUT2D eigenvalue weighted by atomic mass is 10.2. The monoisotopic (exact) mass is 296 g/mol. The first-order valence-electron chi connectivity index (χ1n) is 6.14. The molecule has 1 aromatic carbocycles. The van der Waals surface area contributed by atoms with Gasteiger partial charge < -0.3 is 5.32 Å². The highest BCUT2D eigenvalue weighted by atomic mass is 35.5. The molecule has 0 aliphatic carbocycles. The van der Waals surface area contributed by atoms with Crippen LogP contribution in [0.4, 0.5) is 0 Å². The first-order valence-corrected chi connectivity index (χ1v) is 7.33. The lowest BCUT2D eigenvalue weighted by molar-refractivity contribution is 0.585. The average Bonchev–Trinajstić information content (AvgIpc) is 2.75. The molecular weight excluding hydrogens is 280 g/mol. The smallest absolute Gasteiger partial charge is 0.213 e. The van der Waals surface area contributed by atoms with Crippen molar-refractivity contribution in [1.29, 1.82) is 0 Å². The van der Waals surface area contributed by atoms with Crippen molar-refractivity contribution in [2.45, 2.75) is 43.4 Å². The number of nitrogens with one attached hydrogen (secondary N) is 2. The third kappa shape index (κ3) is 3.96. The molecule has 0 fully saturated rings. The Bertz CT molecular complexity index is 553. The SMILES string of the molecule is Cc1nc(Sc2c(Cl)cccc2CNC(C)C)n[nH]1. The first kappa shape index (κ1) is 14.4. The Morgan fingerprint density at radius 1 is 1.42 bits per heavy atom. The van der Waals surface area contributed by atoms with E-state index in [0.29, 0.717) is 11.2 Å². The van der Waals surface area contributed by atoms with Gasteiger partial charge in [-0.05, 0) is 30.3 Å². The number of aromatic amines is 1. The number of nitrogens with zero attached hydrogens (tertiary/aromatic N) is 2. The molecule has 6 heteroatoms. The van der Waals surface area contributed by atoms with Gasteiger partial charge in [0, 0.05) is 17.5 Å². The van der Waals surface area contributed by atoms with E-state index in [9.17, 15) is 0 Å². The van der Waals surface area contributed by atoms with Crippen LogP contribution in [-0.4, -0.2) is 21.2 Å². The zero-order chi connectivity index (χ0) is 13.8. The summed E-state index contributed by atoms with van der Waals surface area (Å²) in [7, 11) is 0. The van der Waals surface area contributed by atoms with E-state index >= 15 is 0 Å². The third-order valence-corrected chi connectivity index (χ3v) is 4.00. The predicted octanol–water partition coefficient (Wildman–Crippen LogP) is 3.42. The van der Waals surface area contributed by atoms with Crippen LogP contribution in [0.2, 0.25) is 5.02 Å². The summed E-state index contributed by atoms with van der Waals surface area (Å²) in [5.41, 5.74) is 1.16. The van der Waals surface area contributed by atoms with Gasteiger partial charge in [0.1, 0.15) is 5.82 Å². The van der Waals surface area contributed by atoms with E-state index in [1.54, 1.807) is 0 Å². The summed E-state index contributed by atoms with van der Waals surface area (Å²) in [6, 6.07) is 6.36. The van der Waals surface area contributed by atoms with Crippen molar-refractivity contribution in [2.24, 2.45) is 0 Å². The normalized spacial score (nSPS) is 11.2. The van der Waals surface area contributed by atoms with Gasteiger partial charge in [-0.1, -0.05) is 37.6 Å². The maximum absolute atomic E-state index is 6.29. The molecule has 0 atom stereocenters. The number of hydrogen-bond donors (Lipinski definition) is 2. The van der Waals surface area contributed by atoms with E-state index in [2.05, 4.69) is 40.4 Å². The molecule has 1 heterocycles. The molecule has 0 unspecified atom stereocenters. The number of aromatic nitrogens is 3. The highest BCUT2D eigenvalue weighted by molar-refractivity contribution is 7.99. The van der Waals surface area contributed by atoms with E-state index in [-0.39, 0.29) is 0 Å². The van der Waals surface area contributed by atoms with Crippen LogP contribution < -0.4 is 5.32 Å². The topological polar surface area (TPSA) is 53.6 Å². The van der Waals surface area contributed by atoms with Crippen LogP contribution in [0.5, 0.6) is 0 Å². The van der Waals surface area contributed by atoms with Gasteiger partial charge in [0.15, 0.2) is 0 Å². The second-order valence-corrected chi connectivity index (χ2v) is 5.95. The highest BCUT2D eigenvalue weighted by Gasteiger charge is 2.11. The fraction of sp³-hybridized carbons (Fsp3) is 0.385. The highest BCUT2D eigenvalue weighted by Crippen LogP contribution is 2.34. The molecule has 19 heavy (non-hydrogen) atoms. The fourth-order valence-corrected chi connectivity index (χ4v) is 2.78. The van der Waals surface area contributed by atoms with Gasteiger partial charge in [-0.3, -0.25) is 5.10 Å². The Hall–Kier alpha value is -1.04. The van der Waals surface area contributed by atoms with Crippen LogP contribution in [0.25, 0.3) is 0 Å². The molecule has 4 nitrogen and oxygen atoms in total. The minimum absolute atomic E-state index is 0.433. The van der Waals surface area contributed by atoms with Crippen LogP contribution in [0.3, 0.4) is 0 Å². The van der Waals surface area contributed by atoms with Gasteiger partial charge in [0.25, 0.3) is 0 Å². The quantitative estimate of drug-likeness (QED) is 0.888. The van der Waals surface area contributed by atoms with Crippen molar-refractivity contribution >= 4 is 23.4 Å². The summed E-state index contributed by atoms with van der Waals surface area (Å²) in [6.07, 6.45) is 0. The van der Waals surface area contributed by atoms with Gasteiger partial charge in [-0.15, -0.1) is 5.10 Å². The standard InChI is InChI=1S/C13H17ClN4S/c1-8(2)15-7-10-5-4-6-11(14)12(10)19-13-16-9(3)17-18-13/h4-6,8,15H,7H2,1-3H3,(H,16,17,18). The van der Waals surface area contributed by atoms with E-state index in [1.165, 1.54) is 11.8 Å². The maximum Gasteiger partial charge on any atom is 0.213 e. The lowest BCUT2D eigenvalue weighted by Crippen LogP contribution is -2.22. The number of rotatable bonds is 5. The first-order chi connectivity index (χ1) is 9.06. The van der Waals surface area contributed by atoms with Crippen molar-refractivity contribution in [3.05, 3.63) is 34.6 Å². The second kappa shape index (κ2) is 6.41. The van der Waals surface area contributed by atoms with Crippen LogP contribution in [0, 0.1) is 6.92 Å². The predicted molar refractivity (Wildman–Crippen MR) is 78.7 cm³/mol. The molecule has 102 valence electrons. The van der Waals surface area contributed by atoms with Crippen LogP contribution in [0.1, 0.15) is 25.2 Å². The lowest BCUT2D eigenvalue weighted by Gasteiger charge is -2.12. The number of halogens is 1. The molecule has 2 aromatic rings. The summed E-state index contributed by atoms with van der Waals surface area (Å²) in [5, 5.41) is 11.8. The average molecular weight is 297 g/mol. The van der Waals surface area contributed by atoms with Gasteiger partial charge in [-0.25, -0.2) is 4.98 Å². The van der Waals surface area contributed by atoms with E-state index in [1.807, 2.05) is 19.1 Å². The molecule has 2 rings (SSSR count). The van der Waals surface area contributed by atoms with Crippen molar-refractivity contribution in [3.8, 4) is 0 Å². The minimum atomic E-state index is 0.433. The molecule has 0 aliphatic heterocycles. The summed E-state index contributed by atoms with van der Waals surface area (Å²) >= 11 is 7.77. The van der Waals surface area contributed by atoms with Gasteiger partial charge in [0.2, 0.25) is 5.16 Å². The van der Waals surface area contributed by atoms with Crippen molar-refractivity contribution in [1.82, 2.24) is 20.5 Å². The van der Waals surface area contributed by atoms with Crippen molar-refractivity contribution < 1.29 is 0 Å². The zero-order valence-electron chi connectivity index (χ0n) is 11.2. The molecule has 0 saturated carbocycles. The van der Waals surface area contributed by atoms with Crippen LogP contribution >= 0.6 is 23.4 Å². The zero-order valence-corrected chi connectivity index (χ0v) is 12.8. The largest absolute Gasteiger partial charge is 0.310 e. The molecule has 2 N–H and O–H groups in total. The molecule has 0 aliphatic rings. The molecule has 0 spiro atoms. The fourth-order valence-electron chi connectivity index (χ4n) is 1.58. The number of H-pyrrole nitrogens is 1. The number of benzene rings is 1. The van der Waals surface area contributed by atoms with Crippen molar-refractivity contribution in [3.63, 3.8) is 0 Å². The Balaban J connectivity index is 2.22. The molecule has 0 saturated heterocycles. The second-order valence-electron chi connectivity index (χ2n) is 4.57. The Morgan fingerprint density at radius 3 is 2.84 bits per heavy atom. The van der Waals surface area contributed by atoms with Crippen molar-refractivity contribution in [2.75, 3.05) is 0 Å². The Kier molecular flexibility index (Phi) is 4.85. The Labute approximate surface area is 122 Å². The molecular formula is C13H17ClN4S. The number of aryl methyl sites for hydroxylation is 1. The van der Waals surface area contributed by atoms with Gasteiger partial charge in [0.05, 0.1) is 5.02 Å². The van der Waals surface area contributed by atoms with E-state index < -0.39 is 0 Å². The molecule has 0 amide bonds. The van der Waals surface area contributed by atoms with Crippen LogP contribution in [-0.2, 0) is 6.54 Å². The van der Waals surface area contributed by atoms with Crippen LogP contribution in [0.15, 0.2) is 28.3 Å². The van der Waals surface area contributed by atoms with Gasteiger partial charge >= 0.3 is 0 Å². The minimum Gasteiger partial charge on any atom is -0.310 e. The summed E-state index contributed by atoms with van der Waals surface area (Å²) in [4.78, 5) is 5.31. The maximum atomic E-state index is 6.29. The summed E-state index contributed by atoms with van der Waals surface area (Å²) in [6.45, 7) is 6.90. The molecule has 0 bridgehead atoms. The summed E-state index contributed by atoms with van der Waals surface area (Å²) < 4.78 is 0. The summed E-state index contributed by atoms with van der Waals surface area (Å²) in [5.74, 6) is 0.802. The van der Waals surface area contributed by atoms with Gasteiger partial charge in [-0.2, -0.15) is 0 Å². The van der Waals surface area contributed by atoms with E-state index in [4.69, 9.17) is 11.6 Å². The third-order valence-electron chi connectivity index (χ3n) is 2.52. The number of hydrogen-bond acceptors (Lipinski definition) is 4.